The van der Waals surface area contributed by atoms with Gasteiger partial charge in [-0.2, -0.15) is 0 Å². The number of morpholine rings is 1. The Hall–Kier alpha value is -3.13. The number of rotatable bonds is 8. The summed E-state index contributed by atoms with van der Waals surface area (Å²) in [6.07, 6.45) is 4.34. The van der Waals surface area contributed by atoms with Gasteiger partial charge in [0.05, 0.1) is 18.4 Å². The van der Waals surface area contributed by atoms with Gasteiger partial charge in [0, 0.05) is 54.8 Å². The van der Waals surface area contributed by atoms with Crippen molar-refractivity contribution >= 4 is 23.3 Å². The lowest BCUT2D eigenvalue weighted by molar-refractivity contribution is -0.0212. The molecule has 1 aliphatic heterocycles. The van der Waals surface area contributed by atoms with Crippen molar-refractivity contribution in [1.29, 1.82) is 0 Å². The van der Waals surface area contributed by atoms with Gasteiger partial charge in [0.1, 0.15) is 5.65 Å². The molecular weight excluding hydrogens is 456 g/mol. The van der Waals surface area contributed by atoms with Gasteiger partial charge in [-0.1, -0.05) is 30.3 Å². The van der Waals surface area contributed by atoms with E-state index in [9.17, 15) is 4.79 Å². The van der Waals surface area contributed by atoms with Gasteiger partial charge < -0.3 is 14.5 Å². The molecule has 2 aromatic carbocycles. The number of thioether (sulfide) groups is 1. The molecule has 7 heteroatoms. The zero-order chi connectivity index (χ0) is 24.0. The normalized spacial score (nSPS) is 16.4. The van der Waals surface area contributed by atoms with Crippen LogP contribution in [0, 0.1) is 0 Å². The van der Waals surface area contributed by atoms with Crippen LogP contribution in [0.5, 0.6) is 0 Å². The maximum absolute atomic E-state index is 12.7. The highest BCUT2D eigenvalue weighted by Gasteiger charge is 2.16. The van der Waals surface area contributed by atoms with Crippen LogP contribution in [-0.2, 0) is 23.6 Å². The third kappa shape index (κ3) is 6.31. The Bertz CT molecular complexity index is 1250. The van der Waals surface area contributed by atoms with Crippen molar-refractivity contribution in [2.45, 2.75) is 36.8 Å². The van der Waals surface area contributed by atoms with Gasteiger partial charge in [-0.15, -0.1) is 11.8 Å². The Morgan fingerprint density at radius 3 is 2.80 bits per heavy atom. The second-order valence-corrected chi connectivity index (χ2v) is 9.98. The van der Waals surface area contributed by atoms with Crippen LogP contribution in [0.3, 0.4) is 0 Å². The first kappa shape index (κ1) is 23.6. The number of imidazole rings is 1. The minimum Gasteiger partial charge on any atom is -0.376 e. The molecule has 1 saturated heterocycles. The molecule has 1 atom stereocenters. The largest absolute Gasteiger partial charge is 0.376 e. The lowest BCUT2D eigenvalue weighted by Crippen LogP contribution is -2.40. The van der Waals surface area contributed by atoms with Crippen molar-refractivity contribution < 1.29 is 9.53 Å². The van der Waals surface area contributed by atoms with Crippen LogP contribution in [-0.4, -0.2) is 46.0 Å². The Kier molecular flexibility index (Phi) is 7.47. The first-order valence-electron chi connectivity index (χ1n) is 12.0. The quantitative estimate of drug-likeness (QED) is 0.363. The molecule has 5 rings (SSSR count). The number of benzene rings is 2. The standard InChI is InChI=1S/C28H30N4O2S/c1-21-17-31(13-14-34-21)18-23-6-4-5-22(15-23)16-29-28(33)24-8-10-26(11-9-24)35-20-25-19-32-12-3-2-7-27(32)30-25/h2-12,15,19,21H,13-14,16-18,20H2,1H3,(H,29,33). The summed E-state index contributed by atoms with van der Waals surface area (Å²) in [5.74, 6) is 0.724. The first-order chi connectivity index (χ1) is 17.1. The minimum absolute atomic E-state index is 0.0608. The summed E-state index contributed by atoms with van der Waals surface area (Å²) in [5, 5.41) is 3.05. The SMILES string of the molecule is CC1CN(Cc2cccc(CNC(=O)c3ccc(SCc4cn5ccccc5n4)cc3)c2)CCO1. The van der Waals surface area contributed by atoms with E-state index in [1.165, 1.54) is 5.56 Å². The predicted molar refractivity (Wildman–Crippen MR) is 139 cm³/mol. The third-order valence-corrected chi connectivity index (χ3v) is 7.14. The maximum atomic E-state index is 12.7. The molecule has 1 amide bonds. The summed E-state index contributed by atoms with van der Waals surface area (Å²) >= 11 is 1.72. The van der Waals surface area contributed by atoms with Crippen molar-refractivity contribution in [3.63, 3.8) is 0 Å². The topological polar surface area (TPSA) is 58.9 Å². The number of carbonyl (C=O) groups is 1. The molecule has 1 aliphatic rings. The average molecular weight is 487 g/mol. The van der Waals surface area contributed by atoms with E-state index in [1.807, 2.05) is 53.1 Å². The number of nitrogens with one attached hydrogen (secondary N) is 1. The minimum atomic E-state index is -0.0608. The van der Waals surface area contributed by atoms with Gasteiger partial charge in [0.25, 0.3) is 5.91 Å². The van der Waals surface area contributed by atoms with Crippen LogP contribution >= 0.6 is 11.8 Å². The number of aromatic nitrogens is 2. The van der Waals surface area contributed by atoms with Crippen molar-refractivity contribution in [2.24, 2.45) is 0 Å². The second-order valence-electron chi connectivity index (χ2n) is 8.93. The van der Waals surface area contributed by atoms with Gasteiger partial charge in [-0.3, -0.25) is 9.69 Å². The number of nitrogens with zero attached hydrogens (tertiary/aromatic N) is 3. The lowest BCUT2D eigenvalue weighted by atomic mass is 10.1. The van der Waals surface area contributed by atoms with E-state index in [0.717, 1.165) is 53.8 Å². The summed E-state index contributed by atoms with van der Waals surface area (Å²) in [7, 11) is 0. The number of amides is 1. The molecule has 35 heavy (non-hydrogen) atoms. The summed E-state index contributed by atoms with van der Waals surface area (Å²) in [6, 6.07) is 22.2. The summed E-state index contributed by atoms with van der Waals surface area (Å²) in [6.45, 7) is 6.23. The highest BCUT2D eigenvalue weighted by molar-refractivity contribution is 7.98. The van der Waals surface area contributed by atoms with Crippen LogP contribution in [0.25, 0.3) is 5.65 Å². The predicted octanol–water partition coefficient (Wildman–Crippen LogP) is 4.78. The molecule has 0 bridgehead atoms. The summed E-state index contributed by atoms with van der Waals surface area (Å²) in [4.78, 5) is 20.9. The molecule has 0 saturated carbocycles. The smallest absolute Gasteiger partial charge is 0.251 e. The van der Waals surface area contributed by atoms with Crippen LogP contribution < -0.4 is 5.32 Å². The van der Waals surface area contributed by atoms with Crippen LogP contribution in [0.15, 0.2) is 84.0 Å². The number of hydrogen-bond acceptors (Lipinski definition) is 5. The van der Waals surface area contributed by atoms with Crippen LogP contribution in [0.1, 0.15) is 34.1 Å². The Balaban J connectivity index is 1.12. The Labute approximate surface area is 210 Å². The molecule has 3 heterocycles. The van der Waals surface area contributed by atoms with E-state index < -0.39 is 0 Å². The molecule has 6 nitrogen and oxygen atoms in total. The number of ether oxygens (including phenoxy) is 1. The van der Waals surface area contributed by atoms with Crippen LogP contribution in [0.4, 0.5) is 0 Å². The van der Waals surface area contributed by atoms with Crippen molar-refractivity contribution in [3.05, 3.63) is 102 Å². The lowest BCUT2D eigenvalue weighted by Gasteiger charge is -2.31. The molecule has 0 aliphatic carbocycles. The van der Waals surface area contributed by atoms with E-state index in [0.29, 0.717) is 12.1 Å². The van der Waals surface area contributed by atoms with Crippen molar-refractivity contribution in [3.8, 4) is 0 Å². The van der Waals surface area contributed by atoms with Gasteiger partial charge in [0.15, 0.2) is 0 Å². The number of fused-ring (bicyclic) bond motifs is 1. The van der Waals surface area contributed by atoms with E-state index in [-0.39, 0.29) is 12.0 Å². The van der Waals surface area contributed by atoms with Crippen molar-refractivity contribution in [2.75, 3.05) is 19.7 Å². The summed E-state index contributed by atoms with van der Waals surface area (Å²) in [5.41, 5.74) is 5.03. The van der Waals surface area contributed by atoms with E-state index in [1.54, 1.807) is 11.8 Å². The monoisotopic (exact) mass is 486 g/mol. The molecule has 2 aromatic heterocycles. The molecule has 1 N–H and O–H groups in total. The average Bonchev–Trinajstić information content (AvgIpc) is 3.30. The van der Waals surface area contributed by atoms with Crippen molar-refractivity contribution in [1.82, 2.24) is 19.6 Å². The fraction of sp³-hybridized carbons (Fsp3) is 0.286. The van der Waals surface area contributed by atoms with Gasteiger partial charge in [-0.25, -0.2) is 4.98 Å². The Morgan fingerprint density at radius 2 is 1.97 bits per heavy atom. The van der Waals surface area contributed by atoms with E-state index in [2.05, 4.69) is 52.6 Å². The highest BCUT2D eigenvalue weighted by Crippen LogP contribution is 2.23. The van der Waals surface area contributed by atoms with E-state index in [4.69, 9.17) is 4.74 Å². The molecule has 0 radical (unpaired) electrons. The van der Waals surface area contributed by atoms with Crippen LogP contribution in [0.2, 0.25) is 0 Å². The summed E-state index contributed by atoms with van der Waals surface area (Å²) < 4.78 is 7.66. The molecule has 1 unspecified atom stereocenters. The van der Waals surface area contributed by atoms with Gasteiger partial charge >= 0.3 is 0 Å². The molecule has 0 spiro atoms. The fourth-order valence-corrected chi connectivity index (χ4v) is 5.11. The zero-order valence-electron chi connectivity index (χ0n) is 19.9. The molecular formula is C28H30N4O2S. The van der Waals surface area contributed by atoms with Gasteiger partial charge in [-0.05, 0) is 54.4 Å². The van der Waals surface area contributed by atoms with Gasteiger partial charge in [0.2, 0.25) is 0 Å². The highest BCUT2D eigenvalue weighted by atomic mass is 32.2. The van der Waals surface area contributed by atoms with E-state index >= 15 is 0 Å². The molecule has 4 aromatic rings. The maximum Gasteiger partial charge on any atom is 0.251 e. The molecule has 180 valence electrons. The molecule has 1 fully saturated rings. The third-order valence-electron chi connectivity index (χ3n) is 6.09. The first-order valence-corrected chi connectivity index (χ1v) is 13.0. The zero-order valence-corrected chi connectivity index (χ0v) is 20.7. The Morgan fingerprint density at radius 1 is 1.11 bits per heavy atom. The second kappa shape index (κ2) is 11.1. The fourth-order valence-electron chi connectivity index (χ4n) is 4.33. The number of carbonyl (C=O) groups excluding carboxylic acids is 1. The number of pyridine rings is 1. The number of hydrogen-bond donors (Lipinski definition) is 1.